The molecule has 0 aliphatic carbocycles. The Morgan fingerprint density at radius 3 is 2.63 bits per heavy atom. The first-order valence-corrected chi connectivity index (χ1v) is 7.51. The average Bonchev–Trinajstić information content (AvgIpc) is 2.80. The molecule has 0 atom stereocenters. The van der Waals surface area contributed by atoms with Gasteiger partial charge in [-0.3, -0.25) is 0 Å². The first kappa shape index (κ1) is 12.6. The monoisotopic (exact) mass is 298 g/mol. The maximum atomic E-state index is 12.3. The normalized spacial score (nSPS) is 17.3. The van der Waals surface area contributed by atoms with Gasteiger partial charge in [0.2, 0.25) is 10.0 Å². The lowest BCUT2D eigenvalue weighted by Gasteiger charge is -2.37. The molecule has 2 heterocycles. The van der Waals surface area contributed by atoms with Crippen LogP contribution in [0, 0.1) is 0 Å². The molecule has 0 radical (unpaired) electrons. The molecule has 0 N–H and O–H groups in total. The average molecular weight is 299 g/mol. The Balaban J connectivity index is 1.80. The van der Waals surface area contributed by atoms with Crippen molar-refractivity contribution in [2.45, 2.75) is 10.9 Å². The molecule has 1 aliphatic rings. The number of benzene rings is 1. The van der Waals surface area contributed by atoms with E-state index in [1.807, 2.05) is 0 Å². The number of sulfonamides is 1. The maximum Gasteiger partial charge on any atom is 0.244 e. The molecule has 0 bridgehead atoms. The molecule has 1 aromatic heterocycles. The fourth-order valence-electron chi connectivity index (χ4n) is 1.99. The van der Waals surface area contributed by atoms with Gasteiger partial charge in [0, 0.05) is 19.3 Å². The van der Waals surface area contributed by atoms with Gasteiger partial charge in [-0.05, 0) is 12.1 Å². The van der Waals surface area contributed by atoms with Crippen molar-refractivity contribution in [2.24, 2.45) is 0 Å². The molecule has 1 saturated heterocycles. The Kier molecular flexibility index (Phi) is 3.04. The Hall–Kier alpha value is -1.44. The molecule has 2 aromatic rings. The summed E-state index contributed by atoms with van der Waals surface area (Å²) in [4.78, 5) is 0.147. The topological polar surface area (TPSA) is 68.1 Å². The summed E-state index contributed by atoms with van der Waals surface area (Å²) < 4.78 is 27.7. The van der Waals surface area contributed by atoms with Gasteiger partial charge >= 0.3 is 0 Å². The van der Waals surface area contributed by atoms with Crippen LogP contribution in [0.25, 0.3) is 0 Å². The SMILES string of the molecule is O=S(=O)(c1ccccc1Cl)N1CC(n2ccnn2)C1. The van der Waals surface area contributed by atoms with Gasteiger partial charge in [0.25, 0.3) is 0 Å². The van der Waals surface area contributed by atoms with E-state index in [2.05, 4.69) is 10.3 Å². The van der Waals surface area contributed by atoms with E-state index in [-0.39, 0.29) is 16.0 Å². The molecule has 100 valence electrons. The molecular formula is C11H11ClN4O2S. The Labute approximate surface area is 115 Å². The number of hydrogen-bond acceptors (Lipinski definition) is 4. The van der Waals surface area contributed by atoms with E-state index in [1.165, 1.54) is 10.4 Å². The number of hydrogen-bond donors (Lipinski definition) is 0. The predicted octanol–water partition coefficient (Wildman–Crippen LogP) is 1.18. The zero-order chi connectivity index (χ0) is 13.5. The summed E-state index contributed by atoms with van der Waals surface area (Å²) in [6, 6.07) is 6.49. The minimum Gasteiger partial charge on any atom is -0.247 e. The highest BCUT2D eigenvalue weighted by molar-refractivity contribution is 7.89. The van der Waals surface area contributed by atoms with Crippen molar-refractivity contribution in [3.05, 3.63) is 41.7 Å². The summed E-state index contributed by atoms with van der Waals surface area (Å²) in [6.07, 6.45) is 3.30. The van der Waals surface area contributed by atoms with E-state index in [0.717, 1.165) is 0 Å². The van der Waals surface area contributed by atoms with Crippen molar-refractivity contribution < 1.29 is 8.42 Å². The second-order valence-electron chi connectivity index (χ2n) is 4.29. The Morgan fingerprint density at radius 1 is 1.26 bits per heavy atom. The van der Waals surface area contributed by atoms with Crippen molar-refractivity contribution in [2.75, 3.05) is 13.1 Å². The van der Waals surface area contributed by atoms with Gasteiger partial charge in [-0.2, -0.15) is 4.31 Å². The lowest BCUT2D eigenvalue weighted by Crippen LogP contribution is -2.50. The number of nitrogens with zero attached hydrogens (tertiary/aromatic N) is 4. The quantitative estimate of drug-likeness (QED) is 0.853. The maximum absolute atomic E-state index is 12.3. The second-order valence-corrected chi connectivity index (χ2v) is 6.60. The van der Waals surface area contributed by atoms with Crippen LogP contribution in [0.3, 0.4) is 0 Å². The van der Waals surface area contributed by atoms with E-state index >= 15 is 0 Å². The number of aromatic nitrogens is 3. The summed E-state index contributed by atoms with van der Waals surface area (Å²) in [7, 11) is -3.52. The molecule has 19 heavy (non-hydrogen) atoms. The van der Waals surface area contributed by atoms with E-state index in [0.29, 0.717) is 13.1 Å². The molecule has 0 amide bonds. The van der Waals surface area contributed by atoms with Crippen LogP contribution in [0.5, 0.6) is 0 Å². The number of halogens is 1. The van der Waals surface area contributed by atoms with E-state index in [9.17, 15) is 8.42 Å². The molecule has 0 unspecified atom stereocenters. The van der Waals surface area contributed by atoms with Gasteiger partial charge in [-0.1, -0.05) is 28.9 Å². The van der Waals surface area contributed by atoms with Crippen LogP contribution >= 0.6 is 11.6 Å². The smallest absolute Gasteiger partial charge is 0.244 e. The van der Waals surface area contributed by atoms with Crippen LogP contribution in [0.15, 0.2) is 41.6 Å². The van der Waals surface area contributed by atoms with Gasteiger partial charge in [-0.25, -0.2) is 13.1 Å². The highest BCUT2D eigenvalue weighted by Crippen LogP contribution is 2.30. The molecule has 6 nitrogen and oxygen atoms in total. The molecule has 8 heteroatoms. The minimum atomic E-state index is -3.52. The van der Waals surface area contributed by atoms with Crippen molar-refractivity contribution >= 4 is 21.6 Å². The second kappa shape index (κ2) is 4.59. The van der Waals surface area contributed by atoms with Crippen LogP contribution in [0.2, 0.25) is 5.02 Å². The minimum absolute atomic E-state index is 0.0414. The van der Waals surface area contributed by atoms with Crippen molar-refractivity contribution in [1.29, 1.82) is 0 Å². The van der Waals surface area contributed by atoms with Crippen LogP contribution in [0.1, 0.15) is 6.04 Å². The Morgan fingerprint density at radius 2 is 2.00 bits per heavy atom. The first-order chi connectivity index (χ1) is 9.09. The molecule has 1 aliphatic heterocycles. The molecular weight excluding hydrogens is 288 g/mol. The van der Waals surface area contributed by atoms with Crippen LogP contribution in [-0.4, -0.2) is 40.8 Å². The first-order valence-electron chi connectivity index (χ1n) is 5.69. The van der Waals surface area contributed by atoms with Crippen LogP contribution in [-0.2, 0) is 10.0 Å². The zero-order valence-electron chi connectivity index (χ0n) is 9.85. The molecule has 0 spiro atoms. The van der Waals surface area contributed by atoms with Crippen molar-refractivity contribution in [3.8, 4) is 0 Å². The summed E-state index contributed by atoms with van der Waals surface area (Å²) in [5.74, 6) is 0. The van der Waals surface area contributed by atoms with Gasteiger partial charge in [-0.15, -0.1) is 5.10 Å². The van der Waals surface area contributed by atoms with E-state index in [4.69, 9.17) is 11.6 Å². The lowest BCUT2D eigenvalue weighted by molar-refractivity contribution is 0.189. The van der Waals surface area contributed by atoms with E-state index < -0.39 is 10.0 Å². The predicted molar refractivity (Wildman–Crippen MR) is 69.3 cm³/mol. The third kappa shape index (κ3) is 2.13. The fraction of sp³-hybridized carbons (Fsp3) is 0.273. The molecule has 3 rings (SSSR count). The highest BCUT2D eigenvalue weighted by atomic mass is 35.5. The Bertz CT molecular complexity index is 680. The van der Waals surface area contributed by atoms with Crippen LogP contribution < -0.4 is 0 Å². The van der Waals surface area contributed by atoms with Crippen molar-refractivity contribution in [3.63, 3.8) is 0 Å². The molecule has 0 saturated carbocycles. The lowest BCUT2D eigenvalue weighted by atomic mass is 10.2. The third-order valence-corrected chi connectivity index (χ3v) is 5.43. The number of rotatable bonds is 3. The highest BCUT2D eigenvalue weighted by Gasteiger charge is 2.38. The fourth-order valence-corrected chi connectivity index (χ4v) is 3.99. The largest absolute Gasteiger partial charge is 0.247 e. The molecule has 1 aromatic carbocycles. The summed E-state index contributed by atoms with van der Waals surface area (Å²) in [6.45, 7) is 0.772. The summed E-state index contributed by atoms with van der Waals surface area (Å²) in [5, 5.41) is 7.81. The van der Waals surface area contributed by atoms with Gasteiger partial charge in [0.15, 0.2) is 0 Å². The van der Waals surface area contributed by atoms with Gasteiger partial charge in [0.05, 0.1) is 17.3 Å². The summed E-state index contributed by atoms with van der Waals surface area (Å²) >= 11 is 5.94. The van der Waals surface area contributed by atoms with Gasteiger partial charge in [0.1, 0.15) is 4.90 Å². The molecule has 1 fully saturated rings. The van der Waals surface area contributed by atoms with Crippen LogP contribution in [0.4, 0.5) is 0 Å². The standard InChI is InChI=1S/C11H11ClN4O2S/c12-10-3-1-2-4-11(10)19(17,18)15-7-9(8-15)16-6-5-13-14-16/h1-6,9H,7-8H2. The van der Waals surface area contributed by atoms with E-state index in [1.54, 1.807) is 35.3 Å². The van der Waals surface area contributed by atoms with Gasteiger partial charge < -0.3 is 0 Å². The zero-order valence-corrected chi connectivity index (χ0v) is 11.4. The summed E-state index contributed by atoms with van der Waals surface area (Å²) in [5.41, 5.74) is 0. The third-order valence-electron chi connectivity index (χ3n) is 3.10. The van der Waals surface area contributed by atoms with Crippen molar-refractivity contribution in [1.82, 2.24) is 19.3 Å².